The Bertz CT molecular complexity index is 3090. The number of furan rings is 2. The molecule has 0 amide bonds. The highest BCUT2D eigenvalue weighted by atomic mass is 16.3. The Hall–Kier alpha value is -7.08. The highest BCUT2D eigenvalue weighted by molar-refractivity contribution is 6.25. The SMILES string of the molecule is CC.N#Cc1cc2c(cc1-c1cccc3c1oc1ccccc13)c1cccc3c4cc(-c5cccc6c5oc5ccccc56)c(C#N)cc4n2c13. The van der Waals surface area contributed by atoms with Crippen molar-refractivity contribution in [2.75, 3.05) is 0 Å². The maximum Gasteiger partial charge on any atom is 0.143 e. The van der Waals surface area contributed by atoms with Crippen LogP contribution in [0.2, 0.25) is 0 Å². The monoisotopic (exact) mass is 653 g/mol. The Labute approximate surface area is 291 Å². The number of benzene rings is 7. The third-order valence-electron chi connectivity index (χ3n) is 10.2. The van der Waals surface area contributed by atoms with Gasteiger partial charge < -0.3 is 13.2 Å². The zero-order valence-electron chi connectivity index (χ0n) is 27.8. The van der Waals surface area contributed by atoms with E-state index in [9.17, 15) is 10.5 Å². The molecule has 238 valence electrons. The number of para-hydroxylation sites is 5. The van der Waals surface area contributed by atoms with Gasteiger partial charge in [-0.3, -0.25) is 0 Å². The zero-order valence-corrected chi connectivity index (χ0v) is 27.8. The Morgan fingerprint density at radius 1 is 0.431 bits per heavy atom. The second kappa shape index (κ2) is 10.7. The zero-order chi connectivity index (χ0) is 34.4. The molecule has 0 bridgehead atoms. The quantitative estimate of drug-likeness (QED) is 0.186. The molecule has 4 heterocycles. The van der Waals surface area contributed by atoms with Gasteiger partial charge in [-0.1, -0.05) is 105 Å². The van der Waals surface area contributed by atoms with E-state index in [2.05, 4.69) is 71.1 Å². The first-order valence-corrected chi connectivity index (χ1v) is 17.1. The second-order valence-electron chi connectivity index (χ2n) is 12.7. The van der Waals surface area contributed by atoms with Crippen LogP contribution in [0.3, 0.4) is 0 Å². The number of aromatic nitrogens is 1. The van der Waals surface area contributed by atoms with Crippen LogP contribution >= 0.6 is 0 Å². The van der Waals surface area contributed by atoms with Crippen molar-refractivity contribution in [1.82, 2.24) is 4.40 Å². The number of nitrogens with zero attached hydrogens (tertiary/aromatic N) is 3. The van der Waals surface area contributed by atoms with Crippen LogP contribution in [0.15, 0.2) is 136 Å². The standard InChI is InChI=1S/C44H21N3O2.C2H6/c45-22-24-18-38-36(20-34(24)32-14-6-12-30-26-8-1-3-16-40(26)48-43(30)32)28-10-5-11-29-37-21-35(25(23-46)19-39(37)47(38)42(28)29)33-15-7-13-31-27-9-2-4-17-41(27)49-44(31)33;1-2/h1-21H;1-2H3. The van der Waals surface area contributed by atoms with E-state index in [1.807, 2.05) is 86.6 Å². The van der Waals surface area contributed by atoms with Gasteiger partial charge in [-0.25, -0.2) is 0 Å². The lowest BCUT2D eigenvalue weighted by molar-refractivity contribution is 0.669. The minimum absolute atomic E-state index is 0.559. The summed E-state index contributed by atoms with van der Waals surface area (Å²) in [6.45, 7) is 4.00. The van der Waals surface area contributed by atoms with Crippen LogP contribution in [-0.4, -0.2) is 4.40 Å². The molecule has 51 heavy (non-hydrogen) atoms. The molecule has 0 atom stereocenters. The Morgan fingerprint density at radius 2 is 0.843 bits per heavy atom. The molecule has 0 saturated carbocycles. The van der Waals surface area contributed by atoms with Gasteiger partial charge in [-0.15, -0.1) is 0 Å². The van der Waals surface area contributed by atoms with Gasteiger partial charge in [-0.2, -0.15) is 10.5 Å². The average Bonchev–Trinajstić information content (AvgIpc) is 3.94. The van der Waals surface area contributed by atoms with E-state index in [0.717, 1.165) is 104 Å². The van der Waals surface area contributed by atoms with Crippen LogP contribution in [-0.2, 0) is 0 Å². The van der Waals surface area contributed by atoms with E-state index >= 15 is 0 Å². The maximum atomic E-state index is 10.5. The predicted molar refractivity (Wildman–Crippen MR) is 207 cm³/mol. The van der Waals surface area contributed by atoms with E-state index in [4.69, 9.17) is 8.83 Å². The van der Waals surface area contributed by atoms with Crippen LogP contribution in [0, 0.1) is 22.7 Å². The molecule has 0 radical (unpaired) electrons. The largest absolute Gasteiger partial charge is 0.455 e. The predicted octanol–water partition coefficient (Wildman–Crippen LogP) is 12.7. The lowest BCUT2D eigenvalue weighted by Crippen LogP contribution is -1.90. The van der Waals surface area contributed by atoms with E-state index in [-0.39, 0.29) is 0 Å². The molecule has 0 aliphatic carbocycles. The van der Waals surface area contributed by atoms with Crippen molar-refractivity contribution in [2.45, 2.75) is 13.8 Å². The highest BCUT2D eigenvalue weighted by Crippen LogP contribution is 2.45. The van der Waals surface area contributed by atoms with E-state index in [1.54, 1.807) is 0 Å². The van der Waals surface area contributed by atoms with Crippen molar-refractivity contribution in [3.8, 4) is 34.4 Å². The van der Waals surface area contributed by atoms with Crippen molar-refractivity contribution in [1.29, 1.82) is 10.5 Å². The normalized spacial score (nSPS) is 11.7. The van der Waals surface area contributed by atoms with Crippen LogP contribution in [0.1, 0.15) is 25.0 Å². The lowest BCUT2D eigenvalue weighted by atomic mass is 9.94. The van der Waals surface area contributed by atoms with Crippen molar-refractivity contribution in [3.63, 3.8) is 0 Å². The molecule has 0 fully saturated rings. The van der Waals surface area contributed by atoms with Crippen LogP contribution in [0.5, 0.6) is 0 Å². The Kier molecular flexibility index (Phi) is 6.07. The average molecular weight is 654 g/mol. The molecule has 0 aliphatic rings. The maximum absolute atomic E-state index is 10.5. The Balaban J connectivity index is 0.00000161. The molecule has 0 saturated heterocycles. The summed E-state index contributed by atoms with van der Waals surface area (Å²) in [6.07, 6.45) is 0. The number of rotatable bonds is 2. The lowest BCUT2D eigenvalue weighted by Gasteiger charge is -2.09. The molecule has 4 aromatic heterocycles. The first-order valence-electron chi connectivity index (χ1n) is 17.1. The summed E-state index contributed by atoms with van der Waals surface area (Å²) >= 11 is 0. The summed E-state index contributed by atoms with van der Waals surface area (Å²) in [6, 6.07) is 47.9. The minimum Gasteiger partial charge on any atom is -0.455 e. The first-order chi connectivity index (χ1) is 25.2. The fraction of sp³-hybridized carbons (Fsp3) is 0.0435. The van der Waals surface area contributed by atoms with Gasteiger partial charge in [0.15, 0.2) is 0 Å². The number of hydrogen-bond donors (Lipinski definition) is 0. The number of fused-ring (bicyclic) bond motifs is 12. The fourth-order valence-electron chi connectivity index (χ4n) is 8.12. The van der Waals surface area contributed by atoms with Crippen LogP contribution in [0.25, 0.3) is 104 Å². The molecule has 5 nitrogen and oxygen atoms in total. The topological polar surface area (TPSA) is 78.3 Å². The fourth-order valence-corrected chi connectivity index (χ4v) is 8.12. The molecule has 11 rings (SSSR count). The van der Waals surface area contributed by atoms with E-state index in [0.29, 0.717) is 11.1 Å². The molecule has 0 aliphatic heterocycles. The highest BCUT2D eigenvalue weighted by Gasteiger charge is 2.23. The minimum atomic E-state index is 0.559. The molecular formula is C46H27N3O2. The molecule has 5 heteroatoms. The van der Waals surface area contributed by atoms with Crippen LogP contribution < -0.4 is 0 Å². The second-order valence-corrected chi connectivity index (χ2v) is 12.7. The van der Waals surface area contributed by atoms with Gasteiger partial charge in [0.1, 0.15) is 22.3 Å². The molecule has 0 N–H and O–H groups in total. The van der Waals surface area contributed by atoms with Gasteiger partial charge in [-0.05, 0) is 36.4 Å². The smallest absolute Gasteiger partial charge is 0.143 e. The van der Waals surface area contributed by atoms with E-state index in [1.165, 1.54) is 0 Å². The Morgan fingerprint density at radius 3 is 1.31 bits per heavy atom. The summed E-state index contributed by atoms with van der Waals surface area (Å²) in [5.74, 6) is 0. The van der Waals surface area contributed by atoms with Crippen molar-refractivity contribution in [3.05, 3.63) is 139 Å². The van der Waals surface area contributed by atoms with Crippen LogP contribution in [0.4, 0.5) is 0 Å². The van der Waals surface area contributed by atoms with Gasteiger partial charge in [0, 0.05) is 65.3 Å². The molecular weight excluding hydrogens is 627 g/mol. The molecule has 11 aromatic rings. The number of hydrogen-bond acceptors (Lipinski definition) is 4. The third kappa shape index (κ3) is 3.83. The summed E-state index contributed by atoms with van der Waals surface area (Å²) < 4.78 is 15.0. The van der Waals surface area contributed by atoms with Crippen molar-refractivity contribution < 1.29 is 8.83 Å². The van der Waals surface area contributed by atoms with Gasteiger partial charge in [0.25, 0.3) is 0 Å². The molecule has 0 spiro atoms. The van der Waals surface area contributed by atoms with Crippen molar-refractivity contribution in [2.24, 2.45) is 0 Å². The summed E-state index contributed by atoms with van der Waals surface area (Å²) in [5.41, 5.74) is 10.7. The van der Waals surface area contributed by atoms with Gasteiger partial charge >= 0.3 is 0 Å². The number of nitriles is 2. The summed E-state index contributed by atoms with van der Waals surface area (Å²) in [7, 11) is 0. The molecule has 7 aromatic carbocycles. The first kappa shape index (κ1) is 28.9. The van der Waals surface area contributed by atoms with E-state index < -0.39 is 0 Å². The summed E-state index contributed by atoms with van der Waals surface area (Å²) in [5, 5.41) is 29.5. The third-order valence-corrected chi connectivity index (χ3v) is 10.2. The van der Waals surface area contributed by atoms with Gasteiger partial charge in [0.05, 0.1) is 39.8 Å². The van der Waals surface area contributed by atoms with Crippen molar-refractivity contribution >= 4 is 82.0 Å². The van der Waals surface area contributed by atoms with Gasteiger partial charge in [0.2, 0.25) is 0 Å². The molecule has 0 unspecified atom stereocenters. The summed E-state index contributed by atoms with van der Waals surface area (Å²) in [4.78, 5) is 0.